The molecule has 0 aliphatic heterocycles. The van der Waals surface area contributed by atoms with Crippen molar-refractivity contribution in [1.29, 1.82) is 0 Å². The van der Waals surface area contributed by atoms with Crippen molar-refractivity contribution in [2.45, 2.75) is 32.8 Å². The first kappa shape index (κ1) is 13.5. The van der Waals surface area contributed by atoms with Gasteiger partial charge >= 0.3 is 5.97 Å². The van der Waals surface area contributed by atoms with E-state index in [2.05, 4.69) is 0 Å². The van der Waals surface area contributed by atoms with Crippen LogP contribution in [0.5, 0.6) is 5.75 Å². The fraction of sp³-hybridized carbons (Fsp3) is 0.462. The minimum Gasteiger partial charge on any atom is -0.492 e. The number of aromatic carboxylic acids is 1. The number of carbonyl (C=O) groups is 1. The SMILES string of the molecule is Cc1cccc(C(=O)O)c1OCCC(C)(C)O. The summed E-state index contributed by atoms with van der Waals surface area (Å²) in [5.74, 6) is -0.629. The number of carboxylic acid groups (broad SMARTS) is 1. The van der Waals surface area contributed by atoms with Crippen molar-refractivity contribution in [3.05, 3.63) is 29.3 Å². The third kappa shape index (κ3) is 4.07. The predicted molar refractivity (Wildman–Crippen MR) is 64.5 cm³/mol. The molecular formula is C13H18O4. The molecule has 0 amide bonds. The summed E-state index contributed by atoms with van der Waals surface area (Å²) in [6.45, 7) is 5.46. The van der Waals surface area contributed by atoms with Crippen LogP contribution in [0.4, 0.5) is 0 Å². The summed E-state index contributed by atoms with van der Waals surface area (Å²) in [7, 11) is 0. The molecule has 1 rings (SSSR count). The van der Waals surface area contributed by atoms with Crippen LogP contribution in [-0.2, 0) is 0 Å². The molecule has 0 spiro atoms. The molecule has 1 aromatic rings. The van der Waals surface area contributed by atoms with Crippen LogP contribution in [0.1, 0.15) is 36.2 Å². The Morgan fingerprint density at radius 3 is 2.59 bits per heavy atom. The van der Waals surface area contributed by atoms with Crippen LogP contribution in [0.15, 0.2) is 18.2 Å². The van der Waals surface area contributed by atoms with Crippen molar-refractivity contribution >= 4 is 5.97 Å². The Labute approximate surface area is 101 Å². The number of carboxylic acids is 1. The highest BCUT2D eigenvalue weighted by molar-refractivity contribution is 5.91. The summed E-state index contributed by atoms with van der Waals surface area (Å²) in [5, 5.41) is 18.6. The maximum absolute atomic E-state index is 11.0. The van der Waals surface area contributed by atoms with Crippen molar-refractivity contribution in [3.63, 3.8) is 0 Å². The maximum atomic E-state index is 11.0. The molecule has 0 aromatic heterocycles. The molecule has 0 atom stereocenters. The molecule has 0 radical (unpaired) electrons. The van der Waals surface area contributed by atoms with Crippen LogP contribution >= 0.6 is 0 Å². The van der Waals surface area contributed by atoms with Gasteiger partial charge in [-0.2, -0.15) is 0 Å². The van der Waals surface area contributed by atoms with Crippen molar-refractivity contribution < 1.29 is 19.7 Å². The zero-order chi connectivity index (χ0) is 13.1. The highest BCUT2D eigenvalue weighted by Crippen LogP contribution is 2.24. The largest absolute Gasteiger partial charge is 0.492 e. The highest BCUT2D eigenvalue weighted by Gasteiger charge is 2.16. The first-order valence-corrected chi connectivity index (χ1v) is 5.49. The van der Waals surface area contributed by atoms with E-state index in [1.165, 1.54) is 6.07 Å². The van der Waals surface area contributed by atoms with Gasteiger partial charge in [-0.25, -0.2) is 4.79 Å². The molecule has 0 heterocycles. The van der Waals surface area contributed by atoms with E-state index in [0.29, 0.717) is 12.2 Å². The summed E-state index contributed by atoms with van der Waals surface area (Å²) in [6.07, 6.45) is 0.445. The van der Waals surface area contributed by atoms with E-state index in [1.807, 2.05) is 0 Å². The van der Waals surface area contributed by atoms with E-state index in [4.69, 9.17) is 9.84 Å². The lowest BCUT2D eigenvalue weighted by Gasteiger charge is -2.18. The van der Waals surface area contributed by atoms with Crippen LogP contribution in [-0.4, -0.2) is 28.4 Å². The molecule has 1 aromatic carbocycles. The van der Waals surface area contributed by atoms with Crippen LogP contribution < -0.4 is 4.74 Å². The van der Waals surface area contributed by atoms with E-state index in [1.54, 1.807) is 32.9 Å². The highest BCUT2D eigenvalue weighted by atomic mass is 16.5. The molecule has 17 heavy (non-hydrogen) atoms. The van der Waals surface area contributed by atoms with Crippen molar-refractivity contribution in [2.75, 3.05) is 6.61 Å². The second kappa shape index (κ2) is 5.19. The summed E-state index contributed by atoms with van der Waals surface area (Å²) < 4.78 is 5.46. The summed E-state index contributed by atoms with van der Waals surface area (Å²) in [6, 6.07) is 4.99. The molecule has 0 bridgehead atoms. The van der Waals surface area contributed by atoms with Gasteiger partial charge in [-0.3, -0.25) is 0 Å². The van der Waals surface area contributed by atoms with Gasteiger partial charge < -0.3 is 14.9 Å². The Balaban J connectivity index is 2.79. The molecule has 0 saturated heterocycles. The number of ether oxygens (including phenoxy) is 1. The minimum absolute atomic E-state index is 0.153. The quantitative estimate of drug-likeness (QED) is 0.825. The van der Waals surface area contributed by atoms with E-state index < -0.39 is 11.6 Å². The molecule has 4 heteroatoms. The fourth-order valence-corrected chi connectivity index (χ4v) is 1.42. The van der Waals surface area contributed by atoms with Gasteiger partial charge in [0.25, 0.3) is 0 Å². The van der Waals surface area contributed by atoms with Gasteiger partial charge in [0.2, 0.25) is 0 Å². The molecule has 4 nitrogen and oxygen atoms in total. The topological polar surface area (TPSA) is 66.8 Å². The lowest BCUT2D eigenvalue weighted by atomic mass is 10.1. The summed E-state index contributed by atoms with van der Waals surface area (Å²) >= 11 is 0. The molecule has 0 fully saturated rings. The monoisotopic (exact) mass is 238 g/mol. The first-order chi connectivity index (χ1) is 7.81. The van der Waals surface area contributed by atoms with Gasteiger partial charge in [0.05, 0.1) is 12.2 Å². The summed E-state index contributed by atoms with van der Waals surface area (Å²) in [5.41, 5.74) is 0.118. The van der Waals surface area contributed by atoms with Crippen LogP contribution in [0.25, 0.3) is 0 Å². The zero-order valence-corrected chi connectivity index (χ0v) is 10.4. The second-order valence-corrected chi connectivity index (χ2v) is 4.67. The van der Waals surface area contributed by atoms with Gasteiger partial charge in [0, 0.05) is 6.42 Å². The van der Waals surface area contributed by atoms with Crippen LogP contribution in [0.3, 0.4) is 0 Å². The van der Waals surface area contributed by atoms with Crippen molar-refractivity contribution in [1.82, 2.24) is 0 Å². The third-order valence-electron chi connectivity index (χ3n) is 2.40. The number of hydrogen-bond donors (Lipinski definition) is 2. The van der Waals surface area contributed by atoms with Gasteiger partial charge in [-0.05, 0) is 32.4 Å². The molecule has 0 aliphatic rings. The second-order valence-electron chi connectivity index (χ2n) is 4.67. The molecule has 0 saturated carbocycles. The molecule has 0 unspecified atom stereocenters. The molecular weight excluding hydrogens is 220 g/mol. The lowest BCUT2D eigenvalue weighted by Crippen LogP contribution is -2.22. The smallest absolute Gasteiger partial charge is 0.339 e. The zero-order valence-electron chi connectivity index (χ0n) is 10.4. The van der Waals surface area contributed by atoms with Crippen molar-refractivity contribution in [3.8, 4) is 5.75 Å². The molecule has 0 aliphatic carbocycles. The Hall–Kier alpha value is -1.55. The Kier molecular flexibility index (Phi) is 4.12. The molecule has 2 N–H and O–H groups in total. The average molecular weight is 238 g/mol. The number of aliphatic hydroxyl groups is 1. The van der Waals surface area contributed by atoms with E-state index in [9.17, 15) is 9.90 Å². The minimum atomic E-state index is -1.01. The first-order valence-electron chi connectivity index (χ1n) is 5.49. The number of rotatable bonds is 5. The van der Waals surface area contributed by atoms with Crippen LogP contribution in [0, 0.1) is 6.92 Å². The Bertz CT molecular complexity index is 404. The molecule has 94 valence electrons. The van der Waals surface area contributed by atoms with Gasteiger partial charge in [0.15, 0.2) is 0 Å². The normalized spacial score (nSPS) is 11.3. The predicted octanol–water partition coefficient (Wildman–Crippen LogP) is 2.23. The van der Waals surface area contributed by atoms with E-state index in [-0.39, 0.29) is 12.2 Å². The number of benzene rings is 1. The van der Waals surface area contributed by atoms with E-state index >= 15 is 0 Å². The standard InChI is InChI=1S/C13H18O4/c1-9-5-4-6-10(12(14)15)11(9)17-8-7-13(2,3)16/h4-6,16H,7-8H2,1-3H3,(H,14,15). The van der Waals surface area contributed by atoms with Crippen LogP contribution in [0.2, 0.25) is 0 Å². The summed E-state index contributed by atoms with van der Waals surface area (Å²) in [4.78, 5) is 11.0. The van der Waals surface area contributed by atoms with Gasteiger partial charge in [0.1, 0.15) is 11.3 Å². The average Bonchev–Trinajstić information content (AvgIpc) is 2.18. The fourth-order valence-electron chi connectivity index (χ4n) is 1.42. The number of hydrogen-bond acceptors (Lipinski definition) is 3. The maximum Gasteiger partial charge on any atom is 0.339 e. The Morgan fingerprint density at radius 1 is 1.41 bits per heavy atom. The van der Waals surface area contributed by atoms with Gasteiger partial charge in [-0.1, -0.05) is 12.1 Å². The lowest BCUT2D eigenvalue weighted by molar-refractivity contribution is 0.0547. The van der Waals surface area contributed by atoms with E-state index in [0.717, 1.165) is 5.56 Å². The van der Waals surface area contributed by atoms with Gasteiger partial charge in [-0.15, -0.1) is 0 Å². The number of para-hydroxylation sites is 1. The van der Waals surface area contributed by atoms with Crippen molar-refractivity contribution in [2.24, 2.45) is 0 Å². The third-order valence-corrected chi connectivity index (χ3v) is 2.40. The Morgan fingerprint density at radius 2 is 2.06 bits per heavy atom. The number of aryl methyl sites for hydroxylation is 1.